The van der Waals surface area contributed by atoms with Crippen molar-refractivity contribution in [3.63, 3.8) is 0 Å². The quantitative estimate of drug-likeness (QED) is 0.203. The van der Waals surface area contributed by atoms with Crippen molar-refractivity contribution in [1.29, 1.82) is 0 Å². The first-order valence-electron chi connectivity index (χ1n) is 16.1. The number of nitrogens with one attached hydrogen (secondary N) is 2. The van der Waals surface area contributed by atoms with Gasteiger partial charge in [-0.15, -0.1) is 11.3 Å². The summed E-state index contributed by atoms with van der Waals surface area (Å²) in [5.41, 5.74) is -1.41. The van der Waals surface area contributed by atoms with Gasteiger partial charge in [-0.2, -0.15) is 13.2 Å². The summed E-state index contributed by atoms with van der Waals surface area (Å²) in [4.78, 5) is 61.9. The van der Waals surface area contributed by atoms with Crippen LogP contribution in [0.15, 0.2) is 46.8 Å². The maximum absolute atomic E-state index is 13.9. The lowest BCUT2D eigenvalue weighted by Gasteiger charge is -2.37. The molecule has 0 bridgehead atoms. The van der Waals surface area contributed by atoms with E-state index in [0.29, 0.717) is 29.8 Å². The number of esters is 1. The fourth-order valence-electron chi connectivity index (χ4n) is 5.44. The molecule has 5 rings (SSSR count). The molecule has 3 aromatic heterocycles. The van der Waals surface area contributed by atoms with Crippen molar-refractivity contribution in [2.75, 3.05) is 38.2 Å². The zero-order valence-corrected chi connectivity index (χ0v) is 29.4. The third-order valence-corrected chi connectivity index (χ3v) is 8.53. The smallest absolute Gasteiger partial charge is 0.434 e. The number of benzene rings is 1. The van der Waals surface area contributed by atoms with Crippen LogP contribution in [0.25, 0.3) is 32.6 Å². The van der Waals surface area contributed by atoms with Crippen LogP contribution < -0.4 is 16.1 Å². The number of morpholine rings is 1. The van der Waals surface area contributed by atoms with Crippen molar-refractivity contribution >= 4 is 46.2 Å². The standard InChI is InChI=1S/C34H37F3N6O7S/c1-6-38-31(46)41-27-13-21(29-40-26(18-51-29)34(35,36)37)23(14-39-27)19-8-9-25-22(12-19)28(44)24(30(45)49-7-2)16-42(25)15-20-17-48-11-10-43(20)32(47)50-33(3,4)5/h8-9,12-14,16,18,20H,6-7,10-11,15,17H2,1-5H3,(H2,38,39,41,46)/t20-/m1/s1. The molecule has 0 aliphatic carbocycles. The third-order valence-electron chi connectivity index (χ3n) is 7.66. The molecule has 272 valence electrons. The van der Waals surface area contributed by atoms with Gasteiger partial charge in [0.25, 0.3) is 0 Å². The zero-order valence-electron chi connectivity index (χ0n) is 28.6. The highest BCUT2D eigenvalue weighted by molar-refractivity contribution is 7.13. The van der Waals surface area contributed by atoms with Gasteiger partial charge in [0.05, 0.1) is 31.4 Å². The van der Waals surface area contributed by atoms with E-state index < -0.39 is 47.0 Å². The Bertz CT molecular complexity index is 2010. The van der Waals surface area contributed by atoms with Gasteiger partial charge < -0.3 is 24.1 Å². The van der Waals surface area contributed by atoms with E-state index in [1.165, 1.54) is 24.5 Å². The number of anilines is 1. The number of nitrogens with zero attached hydrogens (tertiary/aromatic N) is 4. The normalized spacial score (nSPS) is 15.1. The third kappa shape index (κ3) is 8.65. The summed E-state index contributed by atoms with van der Waals surface area (Å²) in [6.07, 6.45) is -2.48. The van der Waals surface area contributed by atoms with Crippen LogP contribution in [0, 0.1) is 0 Å². The second-order valence-electron chi connectivity index (χ2n) is 12.5. The summed E-state index contributed by atoms with van der Waals surface area (Å²) in [7, 11) is 0. The Morgan fingerprint density at radius 1 is 1.12 bits per heavy atom. The molecule has 4 heterocycles. The molecule has 1 aliphatic heterocycles. The molecular formula is C34H37F3N6O7S. The van der Waals surface area contributed by atoms with Crippen LogP contribution in [0.4, 0.5) is 28.6 Å². The summed E-state index contributed by atoms with van der Waals surface area (Å²) >= 11 is 0.754. The fraction of sp³-hybridized carbons (Fsp3) is 0.412. The molecule has 1 fully saturated rings. The van der Waals surface area contributed by atoms with Gasteiger partial charge in [-0.1, -0.05) is 6.07 Å². The number of carbonyl (C=O) groups is 3. The summed E-state index contributed by atoms with van der Waals surface area (Å²) in [5, 5.41) is 6.10. The van der Waals surface area contributed by atoms with E-state index in [1.807, 2.05) is 0 Å². The number of thiazole rings is 1. The number of halogens is 3. The Morgan fingerprint density at radius 2 is 1.88 bits per heavy atom. The van der Waals surface area contributed by atoms with Crippen molar-refractivity contribution in [2.45, 2.75) is 59.0 Å². The molecule has 51 heavy (non-hydrogen) atoms. The van der Waals surface area contributed by atoms with Crippen LogP contribution in [-0.2, 0) is 26.9 Å². The van der Waals surface area contributed by atoms with Crippen molar-refractivity contribution in [1.82, 2.24) is 24.8 Å². The van der Waals surface area contributed by atoms with Crippen LogP contribution in [0.5, 0.6) is 0 Å². The minimum Gasteiger partial charge on any atom is -0.462 e. The van der Waals surface area contributed by atoms with E-state index in [9.17, 15) is 32.3 Å². The molecule has 0 radical (unpaired) electrons. The van der Waals surface area contributed by atoms with Gasteiger partial charge in [-0.3, -0.25) is 15.0 Å². The molecule has 3 amide bonds. The molecule has 2 N–H and O–H groups in total. The minimum absolute atomic E-state index is 0.00371. The first-order chi connectivity index (χ1) is 24.1. The summed E-state index contributed by atoms with van der Waals surface area (Å²) < 4.78 is 58.8. The summed E-state index contributed by atoms with van der Waals surface area (Å²) in [6, 6.07) is 5.11. The average molecular weight is 731 g/mol. The second-order valence-corrected chi connectivity index (χ2v) is 13.4. The van der Waals surface area contributed by atoms with E-state index >= 15 is 0 Å². The van der Waals surface area contributed by atoms with Gasteiger partial charge in [0.2, 0.25) is 5.43 Å². The number of rotatable bonds is 8. The van der Waals surface area contributed by atoms with Crippen molar-refractivity contribution in [2.24, 2.45) is 0 Å². The van der Waals surface area contributed by atoms with Crippen LogP contribution in [0.2, 0.25) is 0 Å². The van der Waals surface area contributed by atoms with Gasteiger partial charge >= 0.3 is 24.3 Å². The van der Waals surface area contributed by atoms with Crippen molar-refractivity contribution < 1.29 is 41.8 Å². The minimum atomic E-state index is -4.69. The van der Waals surface area contributed by atoms with Crippen LogP contribution >= 0.6 is 11.3 Å². The number of ether oxygens (including phenoxy) is 3. The van der Waals surface area contributed by atoms with E-state index in [0.717, 1.165) is 16.7 Å². The van der Waals surface area contributed by atoms with E-state index in [1.54, 1.807) is 56.2 Å². The maximum atomic E-state index is 13.9. The number of alkyl halides is 3. The first kappa shape index (κ1) is 37.2. The van der Waals surface area contributed by atoms with E-state index in [-0.39, 0.29) is 53.6 Å². The Kier molecular flexibility index (Phi) is 11.0. The van der Waals surface area contributed by atoms with Crippen molar-refractivity contribution in [3.8, 4) is 21.7 Å². The number of fused-ring (bicyclic) bond motifs is 1. The fourth-order valence-corrected chi connectivity index (χ4v) is 6.30. The molecule has 17 heteroatoms. The van der Waals surface area contributed by atoms with Crippen molar-refractivity contribution in [3.05, 3.63) is 63.5 Å². The molecule has 1 saturated heterocycles. The van der Waals surface area contributed by atoms with Gasteiger partial charge in [0, 0.05) is 53.9 Å². The number of aromatic nitrogens is 3. The molecule has 0 spiro atoms. The highest BCUT2D eigenvalue weighted by atomic mass is 32.1. The molecule has 13 nitrogen and oxygen atoms in total. The van der Waals surface area contributed by atoms with Crippen LogP contribution in [0.3, 0.4) is 0 Å². The highest BCUT2D eigenvalue weighted by Crippen LogP contribution is 2.39. The Balaban J connectivity index is 1.64. The number of pyridine rings is 2. The Morgan fingerprint density at radius 3 is 2.55 bits per heavy atom. The number of carbonyl (C=O) groups excluding carboxylic acids is 3. The monoisotopic (exact) mass is 730 g/mol. The molecular weight excluding hydrogens is 693 g/mol. The molecule has 1 aliphatic rings. The lowest BCUT2D eigenvalue weighted by atomic mass is 9.99. The number of hydrogen-bond donors (Lipinski definition) is 2. The predicted octanol–water partition coefficient (Wildman–Crippen LogP) is 6.16. The van der Waals surface area contributed by atoms with Gasteiger partial charge in [-0.05, 0) is 58.4 Å². The zero-order chi connectivity index (χ0) is 37.1. The first-order valence-corrected chi connectivity index (χ1v) is 17.0. The van der Waals surface area contributed by atoms with Crippen LogP contribution in [-0.4, -0.2) is 82.1 Å². The molecule has 1 atom stereocenters. The second kappa shape index (κ2) is 15.1. The van der Waals surface area contributed by atoms with E-state index in [4.69, 9.17) is 14.2 Å². The number of hydrogen-bond acceptors (Lipinski definition) is 10. The lowest BCUT2D eigenvalue weighted by molar-refractivity contribution is -0.140. The van der Waals surface area contributed by atoms with Gasteiger partial charge in [0.15, 0.2) is 5.69 Å². The van der Waals surface area contributed by atoms with Crippen LogP contribution in [0.1, 0.15) is 50.7 Å². The van der Waals surface area contributed by atoms with E-state index in [2.05, 4.69) is 20.6 Å². The molecule has 0 unspecified atom stereocenters. The maximum Gasteiger partial charge on any atom is 0.434 e. The predicted molar refractivity (Wildman–Crippen MR) is 184 cm³/mol. The average Bonchev–Trinajstić information content (AvgIpc) is 3.57. The molecule has 0 saturated carbocycles. The topological polar surface area (TPSA) is 154 Å². The summed E-state index contributed by atoms with van der Waals surface area (Å²) in [6.45, 7) is 9.80. The summed E-state index contributed by atoms with van der Waals surface area (Å²) in [5.74, 6) is -0.793. The van der Waals surface area contributed by atoms with Gasteiger partial charge in [0.1, 0.15) is 22.0 Å². The lowest BCUT2D eigenvalue weighted by Crippen LogP contribution is -2.52. The Hall–Kier alpha value is -5.03. The largest absolute Gasteiger partial charge is 0.462 e. The number of amides is 3. The molecule has 1 aromatic carbocycles. The SMILES string of the molecule is CCNC(=O)Nc1cc(-c2nc(C(F)(F)F)cs2)c(-c2ccc3c(c2)c(=O)c(C(=O)OCC)cn3C[C@@H]2COCCN2C(=O)OC(C)(C)C)cn1. The number of urea groups is 1. The highest BCUT2D eigenvalue weighted by Gasteiger charge is 2.35. The molecule has 4 aromatic rings. The van der Waals surface area contributed by atoms with Gasteiger partial charge in [-0.25, -0.2) is 24.4 Å². The Labute approximate surface area is 294 Å².